The average molecular weight is 263 g/mol. The van der Waals surface area contributed by atoms with Crippen LogP contribution in [0.2, 0.25) is 0 Å². The average Bonchev–Trinajstić information content (AvgIpc) is 2.33. The second kappa shape index (κ2) is 5.62. The number of hydrogen-bond acceptors (Lipinski definition) is 4. The van der Waals surface area contributed by atoms with Crippen molar-refractivity contribution < 1.29 is 13.5 Å². The van der Waals surface area contributed by atoms with Crippen molar-refractivity contribution >= 4 is 10.2 Å². The molecule has 0 spiro atoms. The minimum absolute atomic E-state index is 0.0155. The first-order valence-electron chi connectivity index (χ1n) is 6.24. The zero-order chi connectivity index (χ0) is 12.3. The van der Waals surface area contributed by atoms with Crippen LogP contribution in [-0.2, 0) is 10.2 Å². The normalized spacial score (nSPS) is 32.5. The Hall–Kier alpha value is -0.210. The van der Waals surface area contributed by atoms with E-state index in [0.717, 1.165) is 12.8 Å². The summed E-state index contributed by atoms with van der Waals surface area (Å²) in [6.45, 7) is 2.49. The van der Waals surface area contributed by atoms with Crippen molar-refractivity contribution in [2.75, 3.05) is 26.2 Å². The lowest BCUT2D eigenvalue weighted by molar-refractivity contribution is 0.120. The van der Waals surface area contributed by atoms with E-state index >= 15 is 0 Å². The molecule has 7 heteroatoms. The van der Waals surface area contributed by atoms with Crippen LogP contribution in [0.5, 0.6) is 0 Å². The van der Waals surface area contributed by atoms with E-state index in [1.807, 2.05) is 0 Å². The maximum Gasteiger partial charge on any atom is 0.279 e. The Morgan fingerprint density at radius 1 is 1.12 bits per heavy atom. The maximum atomic E-state index is 12.1. The molecule has 1 aliphatic heterocycles. The minimum Gasteiger partial charge on any atom is -0.393 e. The molecular weight excluding hydrogens is 242 g/mol. The SMILES string of the molecule is O=S(=O)(NC1CCC(O)CC1)N1CCNCC1. The van der Waals surface area contributed by atoms with Gasteiger partial charge in [-0.2, -0.15) is 17.4 Å². The van der Waals surface area contributed by atoms with Crippen LogP contribution in [-0.4, -0.2) is 56.2 Å². The number of aliphatic hydroxyl groups excluding tert-OH is 1. The van der Waals surface area contributed by atoms with Crippen LogP contribution < -0.4 is 10.0 Å². The molecule has 1 saturated heterocycles. The molecule has 0 atom stereocenters. The van der Waals surface area contributed by atoms with Gasteiger partial charge in [0.25, 0.3) is 10.2 Å². The van der Waals surface area contributed by atoms with Crippen molar-refractivity contribution in [3.63, 3.8) is 0 Å². The van der Waals surface area contributed by atoms with E-state index in [1.54, 1.807) is 0 Å². The van der Waals surface area contributed by atoms with Crippen LogP contribution in [0.4, 0.5) is 0 Å². The van der Waals surface area contributed by atoms with Crippen molar-refractivity contribution in [2.24, 2.45) is 0 Å². The van der Waals surface area contributed by atoms with Crippen molar-refractivity contribution in [1.29, 1.82) is 0 Å². The highest BCUT2D eigenvalue weighted by Crippen LogP contribution is 2.19. The maximum absolute atomic E-state index is 12.1. The quantitative estimate of drug-likeness (QED) is 0.612. The highest BCUT2D eigenvalue weighted by Gasteiger charge is 2.28. The first kappa shape index (κ1) is 13.2. The second-order valence-electron chi connectivity index (χ2n) is 4.78. The van der Waals surface area contributed by atoms with Crippen molar-refractivity contribution in [3.05, 3.63) is 0 Å². The Kier molecular flexibility index (Phi) is 4.37. The third-order valence-corrected chi connectivity index (χ3v) is 5.10. The molecule has 0 unspecified atom stereocenters. The molecule has 1 saturated carbocycles. The van der Waals surface area contributed by atoms with Crippen LogP contribution >= 0.6 is 0 Å². The summed E-state index contributed by atoms with van der Waals surface area (Å²) >= 11 is 0. The number of nitrogens with one attached hydrogen (secondary N) is 2. The molecule has 0 radical (unpaired) electrons. The summed E-state index contributed by atoms with van der Waals surface area (Å²) in [5, 5.41) is 12.5. The summed E-state index contributed by atoms with van der Waals surface area (Å²) in [6, 6.07) is -0.0155. The van der Waals surface area contributed by atoms with Gasteiger partial charge in [-0.3, -0.25) is 0 Å². The van der Waals surface area contributed by atoms with Gasteiger partial charge in [0.1, 0.15) is 0 Å². The molecule has 0 aromatic rings. The molecule has 100 valence electrons. The summed E-state index contributed by atoms with van der Waals surface area (Å²) in [6.07, 6.45) is 2.58. The van der Waals surface area contributed by atoms with Gasteiger partial charge in [-0.25, -0.2) is 0 Å². The molecule has 6 nitrogen and oxygen atoms in total. The van der Waals surface area contributed by atoms with Crippen LogP contribution in [0, 0.1) is 0 Å². The molecule has 0 aromatic carbocycles. The Balaban J connectivity index is 1.88. The predicted molar refractivity (Wildman–Crippen MR) is 64.8 cm³/mol. The van der Waals surface area contributed by atoms with Gasteiger partial charge in [-0.05, 0) is 25.7 Å². The molecule has 2 rings (SSSR count). The van der Waals surface area contributed by atoms with Crippen LogP contribution in [0.1, 0.15) is 25.7 Å². The van der Waals surface area contributed by atoms with Gasteiger partial charge in [-0.15, -0.1) is 0 Å². The van der Waals surface area contributed by atoms with E-state index in [2.05, 4.69) is 10.0 Å². The molecule has 1 aliphatic carbocycles. The summed E-state index contributed by atoms with van der Waals surface area (Å²) in [7, 11) is -3.34. The van der Waals surface area contributed by atoms with Crippen molar-refractivity contribution in [1.82, 2.24) is 14.3 Å². The fourth-order valence-electron chi connectivity index (χ4n) is 2.36. The molecular formula is C10H21N3O3S. The first-order chi connectivity index (χ1) is 8.08. The van der Waals surface area contributed by atoms with E-state index in [1.165, 1.54) is 4.31 Å². The van der Waals surface area contributed by atoms with Gasteiger partial charge >= 0.3 is 0 Å². The lowest BCUT2D eigenvalue weighted by atomic mass is 9.94. The largest absolute Gasteiger partial charge is 0.393 e. The summed E-state index contributed by atoms with van der Waals surface area (Å²) in [5.41, 5.74) is 0. The fraction of sp³-hybridized carbons (Fsp3) is 1.00. The second-order valence-corrected chi connectivity index (χ2v) is 6.48. The number of nitrogens with zero attached hydrogens (tertiary/aromatic N) is 1. The number of hydrogen-bond donors (Lipinski definition) is 3. The van der Waals surface area contributed by atoms with E-state index in [9.17, 15) is 13.5 Å². The molecule has 17 heavy (non-hydrogen) atoms. The Bertz CT molecular complexity index is 333. The van der Waals surface area contributed by atoms with Gasteiger partial charge in [0.15, 0.2) is 0 Å². The summed E-state index contributed by atoms with van der Waals surface area (Å²) in [4.78, 5) is 0. The number of piperazine rings is 1. The predicted octanol–water partition coefficient (Wildman–Crippen LogP) is -0.970. The van der Waals surface area contributed by atoms with Gasteiger partial charge < -0.3 is 10.4 Å². The molecule has 2 aliphatic rings. The molecule has 0 bridgehead atoms. The molecule has 0 aromatic heterocycles. The third kappa shape index (κ3) is 3.62. The number of rotatable bonds is 3. The topological polar surface area (TPSA) is 81.7 Å². The zero-order valence-corrected chi connectivity index (χ0v) is 10.7. The monoisotopic (exact) mass is 263 g/mol. The molecule has 3 N–H and O–H groups in total. The summed E-state index contributed by atoms with van der Waals surface area (Å²) in [5.74, 6) is 0. The standard InChI is InChI=1S/C10H21N3O3S/c14-10-3-1-9(2-4-10)12-17(15,16)13-7-5-11-6-8-13/h9-12,14H,1-8H2. The Labute approximate surface area is 103 Å². The van der Waals surface area contributed by atoms with Crippen LogP contribution in [0.3, 0.4) is 0 Å². The van der Waals surface area contributed by atoms with E-state index in [4.69, 9.17) is 0 Å². The fourth-order valence-corrected chi connectivity index (χ4v) is 3.83. The lowest BCUT2D eigenvalue weighted by Gasteiger charge is -2.31. The first-order valence-corrected chi connectivity index (χ1v) is 7.68. The Morgan fingerprint density at radius 3 is 2.29 bits per heavy atom. The zero-order valence-electron chi connectivity index (χ0n) is 9.93. The van der Waals surface area contributed by atoms with E-state index < -0.39 is 10.2 Å². The third-order valence-electron chi connectivity index (χ3n) is 3.43. The molecule has 0 amide bonds. The molecule has 1 heterocycles. The lowest BCUT2D eigenvalue weighted by Crippen LogP contribution is -2.53. The Morgan fingerprint density at radius 2 is 1.71 bits per heavy atom. The number of aliphatic hydroxyl groups is 1. The van der Waals surface area contributed by atoms with E-state index in [0.29, 0.717) is 39.0 Å². The van der Waals surface area contributed by atoms with Gasteiger partial charge in [0.2, 0.25) is 0 Å². The van der Waals surface area contributed by atoms with Crippen molar-refractivity contribution in [3.8, 4) is 0 Å². The van der Waals surface area contributed by atoms with Crippen molar-refractivity contribution in [2.45, 2.75) is 37.8 Å². The molecule has 2 fully saturated rings. The highest BCUT2D eigenvalue weighted by atomic mass is 32.2. The smallest absolute Gasteiger partial charge is 0.279 e. The van der Waals surface area contributed by atoms with Crippen LogP contribution in [0.15, 0.2) is 0 Å². The van der Waals surface area contributed by atoms with E-state index in [-0.39, 0.29) is 12.1 Å². The van der Waals surface area contributed by atoms with Gasteiger partial charge in [0, 0.05) is 32.2 Å². The van der Waals surface area contributed by atoms with Gasteiger partial charge in [-0.1, -0.05) is 0 Å². The highest BCUT2D eigenvalue weighted by molar-refractivity contribution is 7.87. The minimum atomic E-state index is -3.34. The van der Waals surface area contributed by atoms with Crippen LogP contribution in [0.25, 0.3) is 0 Å². The summed E-state index contributed by atoms with van der Waals surface area (Å²) < 4.78 is 28.4. The van der Waals surface area contributed by atoms with Gasteiger partial charge in [0.05, 0.1) is 6.10 Å².